The molecule has 0 spiro atoms. The van der Waals surface area contributed by atoms with Crippen molar-refractivity contribution in [1.29, 1.82) is 0 Å². The van der Waals surface area contributed by atoms with Crippen molar-refractivity contribution in [1.82, 2.24) is 26.1 Å². The van der Waals surface area contributed by atoms with Crippen molar-refractivity contribution in [3.63, 3.8) is 0 Å². The minimum absolute atomic E-state index is 0. The number of H-pyrrole nitrogens is 1. The van der Waals surface area contributed by atoms with Gasteiger partial charge in [-0.3, -0.25) is 9.89 Å². The molecule has 0 bridgehead atoms. The van der Waals surface area contributed by atoms with Crippen molar-refractivity contribution in [3.05, 3.63) is 17.0 Å². The molecule has 0 saturated heterocycles. The molecule has 2 rings (SSSR count). The van der Waals surface area contributed by atoms with Gasteiger partial charge in [-0.1, -0.05) is 0 Å². The van der Waals surface area contributed by atoms with E-state index in [2.05, 4.69) is 46.9 Å². The average Bonchev–Trinajstić information content (AvgIpc) is 2.77. The smallest absolute Gasteiger partial charge is 0.272 e. The molecule has 0 atom stereocenters. The van der Waals surface area contributed by atoms with E-state index >= 15 is 0 Å². The molecular weight excluding hydrogens is 278 g/mol. The lowest BCUT2D eigenvalue weighted by molar-refractivity contribution is 0.0947. The Bertz CT molecular complexity index is 452. The van der Waals surface area contributed by atoms with Crippen LogP contribution in [0.4, 0.5) is 0 Å². The SMILES string of the molecule is CC(C)(C)NCCNC(=O)c1n[nH]c2c1CNCC2.Cl. The number of hydrogen-bond donors (Lipinski definition) is 4. The van der Waals surface area contributed by atoms with Crippen molar-refractivity contribution < 1.29 is 4.79 Å². The molecule has 1 aromatic rings. The molecule has 1 amide bonds. The first kappa shape index (κ1) is 16.9. The highest BCUT2D eigenvalue weighted by Crippen LogP contribution is 2.14. The second-order valence-corrected chi connectivity index (χ2v) is 5.89. The third-order valence-electron chi connectivity index (χ3n) is 3.09. The van der Waals surface area contributed by atoms with Gasteiger partial charge in [-0.25, -0.2) is 0 Å². The summed E-state index contributed by atoms with van der Waals surface area (Å²) in [4.78, 5) is 12.1. The topological polar surface area (TPSA) is 81.8 Å². The van der Waals surface area contributed by atoms with Gasteiger partial charge in [0, 0.05) is 49.4 Å². The first-order valence-electron chi connectivity index (χ1n) is 6.77. The highest BCUT2D eigenvalue weighted by atomic mass is 35.5. The molecule has 0 saturated carbocycles. The van der Waals surface area contributed by atoms with Gasteiger partial charge in [-0.15, -0.1) is 12.4 Å². The van der Waals surface area contributed by atoms with E-state index in [1.165, 1.54) is 0 Å². The van der Waals surface area contributed by atoms with Gasteiger partial charge in [0.1, 0.15) is 0 Å². The highest BCUT2D eigenvalue weighted by molar-refractivity contribution is 5.94. The summed E-state index contributed by atoms with van der Waals surface area (Å²) >= 11 is 0. The van der Waals surface area contributed by atoms with Crippen molar-refractivity contribution in [2.45, 2.75) is 39.3 Å². The lowest BCUT2D eigenvalue weighted by atomic mass is 10.1. The van der Waals surface area contributed by atoms with E-state index in [1.807, 2.05) is 0 Å². The van der Waals surface area contributed by atoms with E-state index in [0.717, 1.165) is 37.3 Å². The Morgan fingerprint density at radius 2 is 2.10 bits per heavy atom. The molecule has 7 heteroatoms. The number of nitrogens with zero attached hydrogens (tertiary/aromatic N) is 1. The minimum Gasteiger partial charge on any atom is -0.349 e. The number of halogens is 1. The number of aromatic nitrogens is 2. The number of aromatic amines is 1. The standard InChI is InChI=1S/C13H23N5O.ClH/c1-13(2,3)16-7-6-15-12(19)11-9-8-14-5-4-10(9)17-18-11;/h14,16H,4-8H2,1-3H3,(H,15,19)(H,17,18);1H. The van der Waals surface area contributed by atoms with E-state index in [-0.39, 0.29) is 23.9 Å². The summed E-state index contributed by atoms with van der Waals surface area (Å²) in [5.41, 5.74) is 2.68. The molecule has 1 aliphatic heterocycles. The van der Waals surface area contributed by atoms with Crippen molar-refractivity contribution >= 4 is 18.3 Å². The molecule has 0 fully saturated rings. The number of rotatable bonds is 4. The van der Waals surface area contributed by atoms with E-state index in [0.29, 0.717) is 12.2 Å². The van der Waals surface area contributed by atoms with Crippen LogP contribution >= 0.6 is 12.4 Å². The third kappa shape index (κ3) is 4.47. The fourth-order valence-electron chi connectivity index (χ4n) is 2.11. The second kappa shape index (κ2) is 7.06. The molecule has 2 heterocycles. The summed E-state index contributed by atoms with van der Waals surface area (Å²) < 4.78 is 0. The summed E-state index contributed by atoms with van der Waals surface area (Å²) in [6, 6.07) is 0. The molecule has 20 heavy (non-hydrogen) atoms. The van der Waals surface area contributed by atoms with Crippen LogP contribution in [0.3, 0.4) is 0 Å². The van der Waals surface area contributed by atoms with Gasteiger partial charge in [0.15, 0.2) is 5.69 Å². The summed E-state index contributed by atoms with van der Waals surface area (Å²) in [7, 11) is 0. The van der Waals surface area contributed by atoms with Crippen LogP contribution in [0.1, 0.15) is 42.5 Å². The zero-order chi connectivity index (χ0) is 13.9. The van der Waals surface area contributed by atoms with E-state index in [4.69, 9.17) is 0 Å². The normalized spacial score (nSPS) is 14.3. The number of hydrogen-bond acceptors (Lipinski definition) is 4. The summed E-state index contributed by atoms with van der Waals surface area (Å²) in [5, 5.41) is 16.6. The van der Waals surface area contributed by atoms with Gasteiger partial charge < -0.3 is 16.0 Å². The fourth-order valence-corrected chi connectivity index (χ4v) is 2.11. The highest BCUT2D eigenvalue weighted by Gasteiger charge is 2.21. The molecule has 1 aromatic heterocycles. The van der Waals surface area contributed by atoms with Crippen LogP contribution in [0.5, 0.6) is 0 Å². The minimum atomic E-state index is -0.100. The van der Waals surface area contributed by atoms with Gasteiger partial charge in [-0.05, 0) is 20.8 Å². The van der Waals surface area contributed by atoms with Gasteiger partial charge in [0.2, 0.25) is 0 Å². The number of amides is 1. The molecular formula is C13H24ClN5O. The summed E-state index contributed by atoms with van der Waals surface area (Å²) in [6.45, 7) is 9.31. The monoisotopic (exact) mass is 301 g/mol. The van der Waals surface area contributed by atoms with Gasteiger partial charge in [-0.2, -0.15) is 5.10 Å². The maximum atomic E-state index is 12.1. The first-order valence-corrected chi connectivity index (χ1v) is 6.77. The van der Waals surface area contributed by atoms with Crippen LogP contribution in [-0.2, 0) is 13.0 Å². The zero-order valence-electron chi connectivity index (χ0n) is 12.3. The number of carbonyl (C=O) groups is 1. The van der Waals surface area contributed by atoms with Crippen LogP contribution in [0.2, 0.25) is 0 Å². The zero-order valence-corrected chi connectivity index (χ0v) is 13.1. The van der Waals surface area contributed by atoms with E-state index in [1.54, 1.807) is 0 Å². The molecule has 0 unspecified atom stereocenters. The van der Waals surface area contributed by atoms with Crippen LogP contribution in [-0.4, -0.2) is 41.3 Å². The van der Waals surface area contributed by atoms with Crippen LogP contribution in [0, 0.1) is 0 Å². The van der Waals surface area contributed by atoms with Gasteiger partial charge in [0.25, 0.3) is 5.91 Å². The fraction of sp³-hybridized carbons (Fsp3) is 0.692. The van der Waals surface area contributed by atoms with Gasteiger partial charge in [0.05, 0.1) is 0 Å². The Morgan fingerprint density at radius 1 is 1.35 bits per heavy atom. The third-order valence-corrected chi connectivity index (χ3v) is 3.09. The van der Waals surface area contributed by atoms with E-state index in [9.17, 15) is 4.79 Å². The molecule has 0 radical (unpaired) electrons. The largest absolute Gasteiger partial charge is 0.349 e. The van der Waals surface area contributed by atoms with Crippen LogP contribution in [0.25, 0.3) is 0 Å². The predicted molar refractivity (Wildman–Crippen MR) is 81.3 cm³/mol. The molecule has 4 N–H and O–H groups in total. The molecule has 1 aliphatic rings. The second-order valence-electron chi connectivity index (χ2n) is 5.89. The number of carbonyl (C=O) groups excluding carboxylic acids is 1. The van der Waals surface area contributed by atoms with Crippen LogP contribution in [0.15, 0.2) is 0 Å². The first-order chi connectivity index (χ1) is 8.97. The Kier molecular flexibility index (Phi) is 5.98. The average molecular weight is 302 g/mol. The van der Waals surface area contributed by atoms with Crippen LogP contribution < -0.4 is 16.0 Å². The molecule has 114 valence electrons. The Labute approximate surface area is 125 Å². The molecule has 0 aromatic carbocycles. The number of fused-ring (bicyclic) bond motifs is 1. The predicted octanol–water partition coefficient (Wildman–Crippen LogP) is 0.595. The maximum Gasteiger partial charge on any atom is 0.272 e. The van der Waals surface area contributed by atoms with Gasteiger partial charge >= 0.3 is 0 Å². The molecule has 6 nitrogen and oxygen atoms in total. The Balaban J connectivity index is 0.00000200. The van der Waals surface area contributed by atoms with E-state index < -0.39 is 0 Å². The Hall–Kier alpha value is -1.11. The van der Waals surface area contributed by atoms with Crippen molar-refractivity contribution in [2.75, 3.05) is 19.6 Å². The molecule has 0 aliphatic carbocycles. The lowest BCUT2D eigenvalue weighted by Crippen LogP contribution is -2.41. The van der Waals surface area contributed by atoms with Crippen molar-refractivity contribution in [2.24, 2.45) is 0 Å². The Morgan fingerprint density at radius 3 is 2.80 bits per heavy atom. The summed E-state index contributed by atoms with van der Waals surface area (Å²) in [6.07, 6.45) is 0.904. The number of nitrogens with one attached hydrogen (secondary N) is 4. The summed E-state index contributed by atoms with van der Waals surface area (Å²) in [5.74, 6) is -0.100. The maximum absolute atomic E-state index is 12.1. The lowest BCUT2D eigenvalue weighted by Gasteiger charge is -2.20. The van der Waals surface area contributed by atoms with Crippen molar-refractivity contribution in [3.8, 4) is 0 Å². The quantitative estimate of drug-likeness (QED) is 0.614.